The first-order valence-corrected chi connectivity index (χ1v) is 4.74. The highest BCUT2D eigenvalue weighted by Gasteiger charge is 2.19. The standard InChI is InChI=1S/C9H8BrF2NO2/c1-15-8-3-2-6(10)4-7(8)13(5-14)9(11)12/h2-5,9H,1H3. The Morgan fingerprint density at radius 2 is 2.20 bits per heavy atom. The summed E-state index contributed by atoms with van der Waals surface area (Å²) >= 11 is 3.13. The van der Waals surface area contributed by atoms with Crippen LogP contribution in [0.1, 0.15) is 0 Å². The molecular formula is C9H8BrF2NO2. The number of rotatable bonds is 4. The number of carbonyl (C=O) groups is 1. The fraction of sp³-hybridized carbons (Fsp3) is 0.222. The second-order valence-corrected chi connectivity index (χ2v) is 3.52. The molecule has 3 nitrogen and oxygen atoms in total. The predicted molar refractivity (Wildman–Crippen MR) is 55.2 cm³/mol. The molecule has 0 aliphatic heterocycles. The van der Waals surface area contributed by atoms with Crippen molar-refractivity contribution in [3.8, 4) is 5.75 Å². The maximum absolute atomic E-state index is 12.5. The zero-order chi connectivity index (χ0) is 11.4. The summed E-state index contributed by atoms with van der Waals surface area (Å²) in [5.74, 6) is 0.214. The van der Waals surface area contributed by atoms with Gasteiger partial charge in [0, 0.05) is 4.47 Å². The quantitative estimate of drug-likeness (QED) is 0.626. The number of anilines is 1. The number of hydrogen-bond acceptors (Lipinski definition) is 2. The van der Waals surface area contributed by atoms with Crippen LogP contribution in [0.4, 0.5) is 14.5 Å². The van der Waals surface area contributed by atoms with Crippen molar-refractivity contribution in [3.63, 3.8) is 0 Å². The van der Waals surface area contributed by atoms with E-state index in [0.717, 1.165) is 0 Å². The molecule has 0 heterocycles. The normalized spacial score (nSPS) is 10.2. The first-order valence-electron chi connectivity index (χ1n) is 3.95. The van der Waals surface area contributed by atoms with Crippen molar-refractivity contribution < 1.29 is 18.3 Å². The number of ether oxygens (including phenoxy) is 1. The lowest BCUT2D eigenvalue weighted by molar-refractivity contribution is -0.109. The molecule has 0 N–H and O–H groups in total. The fourth-order valence-corrected chi connectivity index (χ4v) is 1.42. The molecule has 0 atom stereocenters. The van der Waals surface area contributed by atoms with Gasteiger partial charge in [-0.25, -0.2) is 0 Å². The van der Waals surface area contributed by atoms with E-state index >= 15 is 0 Å². The molecule has 0 saturated heterocycles. The average molecular weight is 280 g/mol. The molecule has 1 aromatic rings. The molecule has 1 amide bonds. The van der Waals surface area contributed by atoms with Crippen LogP contribution in [0.25, 0.3) is 0 Å². The van der Waals surface area contributed by atoms with Crippen molar-refractivity contribution in [2.45, 2.75) is 6.55 Å². The minimum atomic E-state index is -2.90. The molecule has 0 unspecified atom stereocenters. The zero-order valence-electron chi connectivity index (χ0n) is 7.78. The van der Waals surface area contributed by atoms with Crippen molar-refractivity contribution in [2.75, 3.05) is 12.0 Å². The van der Waals surface area contributed by atoms with Gasteiger partial charge in [-0.1, -0.05) is 15.9 Å². The van der Waals surface area contributed by atoms with Gasteiger partial charge < -0.3 is 4.74 Å². The molecule has 1 rings (SSSR count). The number of benzene rings is 1. The van der Waals surface area contributed by atoms with E-state index in [4.69, 9.17) is 4.74 Å². The molecule has 0 aliphatic carbocycles. The Hall–Kier alpha value is -1.17. The molecule has 0 spiro atoms. The van der Waals surface area contributed by atoms with Gasteiger partial charge in [-0.15, -0.1) is 0 Å². The second kappa shape index (κ2) is 5.06. The lowest BCUT2D eigenvalue weighted by Crippen LogP contribution is -2.27. The Morgan fingerprint density at radius 3 is 2.67 bits per heavy atom. The third kappa shape index (κ3) is 2.65. The molecule has 0 bridgehead atoms. The van der Waals surface area contributed by atoms with Gasteiger partial charge in [-0.3, -0.25) is 9.69 Å². The SMILES string of the molecule is COc1ccc(Br)cc1N(C=O)C(F)F. The Labute approximate surface area is 93.8 Å². The summed E-state index contributed by atoms with van der Waals surface area (Å²) in [5, 5.41) is 0. The van der Waals surface area contributed by atoms with Gasteiger partial charge in [-0.2, -0.15) is 8.78 Å². The number of methoxy groups -OCH3 is 1. The Balaban J connectivity index is 3.19. The van der Waals surface area contributed by atoms with Crippen LogP contribution in [-0.2, 0) is 4.79 Å². The number of nitrogens with zero attached hydrogens (tertiary/aromatic N) is 1. The zero-order valence-corrected chi connectivity index (χ0v) is 9.37. The Morgan fingerprint density at radius 1 is 1.53 bits per heavy atom. The first-order chi connectivity index (χ1) is 7.10. The Bertz CT molecular complexity index is 360. The van der Waals surface area contributed by atoms with Gasteiger partial charge >= 0.3 is 6.55 Å². The summed E-state index contributed by atoms with van der Waals surface area (Å²) in [7, 11) is 1.35. The van der Waals surface area contributed by atoms with E-state index in [9.17, 15) is 13.6 Å². The van der Waals surface area contributed by atoms with Gasteiger partial charge in [0.1, 0.15) is 5.75 Å². The average Bonchev–Trinajstić information content (AvgIpc) is 2.18. The lowest BCUT2D eigenvalue weighted by Gasteiger charge is -2.18. The number of alkyl halides is 2. The molecule has 0 aromatic heterocycles. The van der Waals surface area contributed by atoms with E-state index in [1.54, 1.807) is 6.07 Å². The maximum atomic E-state index is 12.5. The van der Waals surface area contributed by atoms with Crippen LogP contribution in [0.5, 0.6) is 5.75 Å². The van der Waals surface area contributed by atoms with Gasteiger partial charge in [0.2, 0.25) is 6.41 Å². The third-order valence-electron chi connectivity index (χ3n) is 1.74. The molecule has 0 aliphatic rings. The van der Waals surface area contributed by atoms with Gasteiger partial charge in [0.15, 0.2) is 0 Å². The summed E-state index contributed by atoms with van der Waals surface area (Å²) in [6.07, 6.45) is 0.0644. The Kier molecular flexibility index (Phi) is 4.02. The van der Waals surface area contributed by atoms with Crippen LogP contribution in [0, 0.1) is 0 Å². The highest BCUT2D eigenvalue weighted by atomic mass is 79.9. The molecule has 1 aromatic carbocycles. The number of hydrogen-bond donors (Lipinski definition) is 0. The molecule has 0 saturated carbocycles. The predicted octanol–water partition coefficient (Wildman–Crippen LogP) is 2.64. The maximum Gasteiger partial charge on any atom is 0.321 e. The van der Waals surface area contributed by atoms with E-state index in [2.05, 4.69) is 15.9 Å². The molecule has 15 heavy (non-hydrogen) atoms. The van der Waals surface area contributed by atoms with Crippen LogP contribution in [0.3, 0.4) is 0 Å². The van der Waals surface area contributed by atoms with E-state index < -0.39 is 6.55 Å². The smallest absolute Gasteiger partial charge is 0.321 e. The largest absolute Gasteiger partial charge is 0.495 e. The van der Waals surface area contributed by atoms with Crippen LogP contribution in [0.2, 0.25) is 0 Å². The van der Waals surface area contributed by atoms with Crippen molar-refractivity contribution >= 4 is 28.0 Å². The van der Waals surface area contributed by atoms with Crippen LogP contribution < -0.4 is 9.64 Å². The summed E-state index contributed by atoms with van der Waals surface area (Å²) in [5.41, 5.74) is 0.0249. The van der Waals surface area contributed by atoms with E-state index in [1.807, 2.05) is 0 Å². The van der Waals surface area contributed by atoms with Crippen molar-refractivity contribution in [3.05, 3.63) is 22.7 Å². The minimum absolute atomic E-state index is 0.0249. The molecule has 82 valence electrons. The van der Waals surface area contributed by atoms with E-state index in [0.29, 0.717) is 9.37 Å². The van der Waals surface area contributed by atoms with E-state index in [-0.39, 0.29) is 17.8 Å². The summed E-state index contributed by atoms with van der Waals surface area (Å²) in [6.45, 7) is -2.90. The molecule has 6 heteroatoms. The highest BCUT2D eigenvalue weighted by molar-refractivity contribution is 9.10. The van der Waals surface area contributed by atoms with Crippen molar-refractivity contribution in [1.82, 2.24) is 0 Å². The summed E-state index contributed by atoms with van der Waals surface area (Å²) in [6, 6.07) is 4.52. The van der Waals surface area contributed by atoms with E-state index in [1.165, 1.54) is 19.2 Å². The molecule has 0 fully saturated rings. The van der Waals surface area contributed by atoms with Gasteiger partial charge in [0.25, 0.3) is 0 Å². The lowest BCUT2D eigenvalue weighted by atomic mass is 10.3. The first kappa shape index (κ1) is 11.9. The van der Waals surface area contributed by atoms with Crippen LogP contribution in [-0.4, -0.2) is 20.1 Å². The van der Waals surface area contributed by atoms with Crippen LogP contribution >= 0.6 is 15.9 Å². The van der Waals surface area contributed by atoms with Crippen LogP contribution in [0.15, 0.2) is 22.7 Å². The molecule has 0 radical (unpaired) electrons. The number of carbonyl (C=O) groups excluding carboxylic acids is 1. The minimum Gasteiger partial charge on any atom is -0.495 e. The van der Waals surface area contributed by atoms with Gasteiger partial charge in [0.05, 0.1) is 12.8 Å². The third-order valence-corrected chi connectivity index (χ3v) is 2.24. The second-order valence-electron chi connectivity index (χ2n) is 2.61. The summed E-state index contributed by atoms with van der Waals surface area (Å²) < 4.78 is 30.4. The fourth-order valence-electron chi connectivity index (χ4n) is 1.07. The molecular weight excluding hydrogens is 272 g/mol. The number of amides is 1. The van der Waals surface area contributed by atoms with Crippen molar-refractivity contribution in [2.24, 2.45) is 0 Å². The summed E-state index contributed by atoms with van der Waals surface area (Å²) in [4.78, 5) is 10.8. The van der Waals surface area contributed by atoms with Crippen molar-refractivity contribution in [1.29, 1.82) is 0 Å². The number of halogens is 3. The highest BCUT2D eigenvalue weighted by Crippen LogP contribution is 2.32. The monoisotopic (exact) mass is 279 g/mol. The van der Waals surface area contributed by atoms with Gasteiger partial charge in [-0.05, 0) is 18.2 Å². The topological polar surface area (TPSA) is 29.5 Å².